The molecular weight excluding hydrogens is 400 g/mol. The Labute approximate surface area is 170 Å². The van der Waals surface area contributed by atoms with Crippen LogP contribution in [-0.4, -0.2) is 27.5 Å². The highest BCUT2D eigenvalue weighted by molar-refractivity contribution is 7.92. The number of rotatable bonds is 5. The minimum Gasteiger partial charge on any atom is -0.490 e. The lowest BCUT2D eigenvalue weighted by Gasteiger charge is -2.27. The van der Waals surface area contributed by atoms with Gasteiger partial charge < -0.3 is 9.64 Å². The Kier molecular flexibility index (Phi) is 5.59. The zero-order valence-corrected chi connectivity index (χ0v) is 17.6. The molecule has 0 atom stereocenters. The Morgan fingerprint density at radius 1 is 1.18 bits per heavy atom. The third kappa shape index (κ3) is 4.10. The normalized spacial score (nSPS) is 16.1. The fraction of sp³-hybridized carbons (Fsp3) is 0.350. The second-order valence-corrected chi connectivity index (χ2v) is 9.49. The van der Waals surface area contributed by atoms with Crippen molar-refractivity contribution in [3.8, 4) is 5.75 Å². The van der Waals surface area contributed by atoms with E-state index >= 15 is 0 Å². The number of ether oxygens (including phenoxy) is 1. The molecule has 2 aromatic carbocycles. The number of anilines is 2. The molecule has 0 radical (unpaired) electrons. The summed E-state index contributed by atoms with van der Waals surface area (Å²) in [7, 11) is -3.77. The van der Waals surface area contributed by atoms with E-state index in [1.165, 1.54) is 24.3 Å². The van der Waals surface area contributed by atoms with E-state index in [-0.39, 0.29) is 17.4 Å². The SMILES string of the molecule is CCCN1C(=O)C(C)(C)COc2cc(NS(=O)(=O)c3ccc(Cl)cc3)ccc21. The minimum atomic E-state index is -3.77. The Morgan fingerprint density at radius 2 is 1.86 bits per heavy atom. The van der Waals surface area contributed by atoms with Crippen molar-refractivity contribution in [1.29, 1.82) is 0 Å². The van der Waals surface area contributed by atoms with Crippen LogP contribution in [0.2, 0.25) is 5.02 Å². The number of fused-ring (bicyclic) bond motifs is 1. The zero-order valence-electron chi connectivity index (χ0n) is 16.0. The van der Waals surface area contributed by atoms with Gasteiger partial charge in [0, 0.05) is 17.6 Å². The van der Waals surface area contributed by atoms with Gasteiger partial charge >= 0.3 is 0 Å². The number of hydrogen-bond donors (Lipinski definition) is 1. The van der Waals surface area contributed by atoms with Gasteiger partial charge in [-0.25, -0.2) is 8.42 Å². The molecule has 3 rings (SSSR count). The number of carbonyl (C=O) groups excluding carboxylic acids is 1. The van der Waals surface area contributed by atoms with E-state index in [9.17, 15) is 13.2 Å². The van der Waals surface area contributed by atoms with Gasteiger partial charge in [0.05, 0.1) is 21.7 Å². The lowest BCUT2D eigenvalue weighted by Crippen LogP contribution is -2.42. The molecule has 6 nitrogen and oxygen atoms in total. The highest BCUT2D eigenvalue weighted by Crippen LogP contribution is 2.38. The summed E-state index contributed by atoms with van der Waals surface area (Å²) in [5.41, 5.74) is 0.334. The highest BCUT2D eigenvalue weighted by atomic mass is 35.5. The molecule has 0 spiro atoms. The van der Waals surface area contributed by atoms with Crippen LogP contribution in [0.4, 0.5) is 11.4 Å². The third-order valence-corrected chi connectivity index (χ3v) is 6.14. The second-order valence-electron chi connectivity index (χ2n) is 7.37. The first kappa shape index (κ1) is 20.5. The van der Waals surface area contributed by atoms with Gasteiger partial charge in [0.1, 0.15) is 12.4 Å². The standard InChI is InChI=1S/C20H23ClN2O4S/c1-4-11-23-17-10-7-15(12-18(17)27-13-20(2,3)19(23)24)22-28(25,26)16-8-5-14(21)6-9-16/h5-10,12,22H,4,11,13H2,1-3H3. The van der Waals surface area contributed by atoms with E-state index < -0.39 is 15.4 Å². The fourth-order valence-electron chi connectivity index (χ4n) is 2.98. The molecule has 0 aromatic heterocycles. The van der Waals surface area contributed by atoms with Crippen LogP contribution in [0, 0.1) is 5.41 Å². The third-order valence-electron chi connectivity index (χ3n) is 4.49. The molecule has 8 heteroatoms. The van der Waals surface area contributed by atoms with Gasteiger partial charge in [-0.05, 0) is 56.7 Å². The van der Waals surface area contributed by atoms with Crippen molar-refractivity contribution in [2.75, 3.05) is 22.8 Å². The van der Waals surface area contributed by atoms with Crippen LogP contribution in [0.3, 0.4) is 0 Å². The Bertz CT molecular complexity index is 988. The summed E-state index contributed by atoms with van der Waals surface area (Å²) in [5.74, 6) is 0.464. The fourth-order valence-corrected chi connectivity index (χ4v) is 4.16. The van der Waals surface area contributed by atoms with E-state index in [0.717, 1.165) is 6.42 Å². The van der Waals surface area contributed by atoms with E-state index in [4.69, 9.17) is 16.3 Å². The molecule has 28 heavy (non-hydrogen) atoms. The van der Waals surface area contributed by atoms with Crippen LogP contribution in [-0.2, 0) is 14.8 Å². The highest BCUT2D eigenvalue weighted by Gasteiger charge is 2.37. The summed E-state index contributed by atoms with van der Waals surface area (Å²) < 4.78 is 33.6. The van der Waals surface area contributed by atoms with Crippen LogP contribution in [0.25, 0.3) is 0 Å². The molecule has 150 valence electrons. The van der Waals surface area contributed by atoms with Crippen molar-refractivity contribution in [2.45, 2.75) is 32.1 Å². The van der Waals surface area contributed by atoms with E-state index in [1.807, 2.05) is 20.8 Å². The lowest BCUT2D eigenvalue weighted by atomic mass is 9.93. The number of hydrogen-bond acceptors (Lipinski definition) is 4. The smallest absolute Gasteiger partial charge is 0.261 e. The van der Waals surface area contributed by atoms with Gasteiger partial charge in [-0.3, -0.25) is 9.52 Å². The molecule has 1 heterocycles. The maximum Gasteiger partial charge on any atom is 0.261 e. The predicted molar refractivity (Wildman–Crippen MR) is 111 cm³/mol. The molecule has 1 aliphatic heterocycles. The quantitative estimate of drug-likeness (QED) is 0.779. The molecule has 0 bridgehead atoms. The molecule has 2 aromatic rings. The molecule has 0 aliphatic carbocycles. The van der Waals surface area contributed by atoms with Crippen LogP contribution in [0.1, 0.15) is 27.2 Å². The topological polar surface area (TPSA) is 75.7 Å². The number of amides is 1. The van der Waals surface area contributed by atoms with Crippen molar-refractivity contribution in [1.82, 2.24) is 0 Å². The Morgan fingerprint density at radius 3 is 2.50 bits per heavy atom. The lowest BCUT2D eigenvalue weighted by molar-refractivity contribution is -0.127. The molecular formula is C20H23ClN2O4S. The largest absolute Gasteiger partial charge is 0.490 e. The van der Waals surface area contributed by atoms with Gasteiger partial charge in [-0.15, -0.1) is 0 Å². The van der Waals surface area contributed by atoms with Crippen LogP contribution in [0.15, 0.2) is 47.4 Å². The summed E-state index contributed by atoms with van der Waals surface area (Å²) >= 11 is 5.83. The number of sulfonamides is 1. The average Bonchev–Trinajstić information content (AvgIpc) is 2.72. The molecule has 1 N–H and O–H groups in total. The first-order chi connectivity index (χ1) is 13.1. The van der Waals surface area contributed by atoms with E-state index in [2.05, 4.69) is 4.72 Å². The van der Waals surface area contributed by atoms with E-state index in [0.29, 0.717) is 28.7 Å². The number of benzene rings is 2. The summed E-state index contributed by atoms with van der Waals surface area (Å²) in [5, 5.41) is 0.459. The minimum absolute atomic E-state index is 0.0115. The summed E-state index contributed by atoms with van der Waals surface area (Å²) in [4.78, 5) is 14.7. The van der Waals surface area contributed by atoms with Gasteiger partial charge in [0.2, 0.25) is 5.91 Å². The number of nitrogens with zero attached hydrogens (tertiary/aromatic N) is 1. The Balaban J connectivity index is 1.94. The van der Waals surface area contributed by atoms with Crippen LogP contribution in [0.5, 0.6) is 5.75 Å². The van der Waals surface area contributed by atoms with Crippen molar-refractivity contribution in [3.05, 3.63) is 47.5 Å². The van der Waals surface area contributed by atoms with Crippen molar-refractivity contribution in [2.24, 2.45) is 5.41 Å². The van der Waals surface area contributed by atoms with Gasteiger partial charge in [-0.1, -0.05) is 18.5 Å². The van der Waals surface area contributed by atoms with Gasteiger partial charge in [0.25, 0.3) is 10.0 Å². The molecule has 1 amide bonds. The molecule has 1 aliphatic rings. The molecule has 0 saturated carbocycles. The Hall–Kier alpha value is -2.25. The summed E-state index contributed by atoms with van der Waals surface area (Å²) in [6, 6.07) is 10.9. The average molecular weight is 423 g/mol. The van der Waals surface area contributed by atoms with Crippen LogP contribution >= 0.6 is 11.6 Å². The summed E-state index contributed by atoms with van der Waals surface area (Å²) in [6.07, 6.45) is 0.798. The zero-order chi connectivity index (χ0) is 20.5. The van der Waals surface area contributed by atoms with Gasteiger partial charge in [0.15, 0.2) is 0 Å². The molecule has 0 unspecified atom stereocenters. The first-order valence-corrected chi connectivity index (χ1v) is 10.9. The van der Waals surface area contributed by atoms with Crippen molar-refractivity contribution < 1.29 is 17.9 Å². The number of carbonyl (C=O) groups is 1. The summed E-state index contributed by atoms with van der Waals surface area (Å²) in [6.45, 7) is 6.46. The monoisotopic (exact) mass is 422 g/mol. The second kappa shape index (κ2) is 7.64. The van der Waals surface area contributed by atoms with Gasteiger partial charge in [-0.2, -0.15) is 0 Å². The molecule has 0 saturated heterocycles. The maximum absolute atomic E-state index is 12.9. The molecule has 0 fully saturated rings. The first-order valence-electron chi connectivity index (χ1n) is 9.01. The number of nitrogens with one attached hydrogen (secondary N) is 1. The predicted octanol–water partition coefficient (Wildman–Crippen LogP) is 4.30. The van der Waals surface area contributed by atoms with E-state index in [1.54, 1.807) is 23.1 Å². The van der Waals surface area contributed by atoms with Crippen molar-refractivity contribution >= 4 is 38.9 Å². The number of halogens is 1. The van der Waals surface area contributed by atoms with Crippen LogP contribution < -0.4 is 14.4 Å². The maximum atomic E-state index is 12.9. The van der Waals surface area contributed by atoms with Crippen molar-refractivity contribution in [3.63, 3.8) is 0 Å².